The van der Waals surface area contributed by atoms with Crippen molar-refractivity contribution >= 4 is 5.91 Å². The van der Waals surface area contributed by atoms with E-state index in [0.717, 1.165) is 12.8 Å². The second-order valence-electron chi connectivity index (χ2n) is 3.99. The first-order valence-electron chi connectivity index (χ1n) is 5.38. The van der Waals surface area contributed by atoms with E-state index < -0.39 is 0 Å². The zero-order chi connectivity index (χ0) is 11.5. The number of hydrogen-bond donors (Lipinski definition) is 2. The van der Waals surface area contributed by atoms with Crippen LogP contribution < -0.4 is 10.1 Å². The zero-order valence-corrected chi connectivity index (χ0v) is 9.19. The van der Waals surface area contributed by atoms with E-state index in [4.69, 9.17) is 4.74 Å². The van der Waals surface area contributed by atoms with Crippen LogP contribution in [0.15, 0.2) is 18.2 Å². The minimum atomic E-state index is -0.136. The van der Waals surface area contributed by atoms with E-state index in [0.29, 0.717) is 17.4 Å². The maximum atomic E-state index is 11.7. The largest absolute Gasteiger partial charge is 0.504 e. The summed E-state index contributed by atoms with van der Waals surface area (Å²) in [6, 6.07) is 4.96. The van der Waals surface area contributed by atoms with Gasteiger partial charge in [0.1, 0.15) is 0 Å². The minimum Gasteiger partial charge on any atom is -0.504 e. The van der Waals surface area contributed by atoms with Gasteiger partial charge in [-0.1, -0.05) is 0 Å². The maximum absolute atomic E-state index is 11.7. The minimum absolute atomic E-state index is 0.0104. The highest BCUT2D eigenvalue weighted by atomic mass is 16.5. The number of benzene rings is 1. The van der Waals surface area contributed by atoms with Gasteiger partial charge in [-0.25, -0.2) is 0 Å². The average Bonchev–Trinajstić information content (AvgIpc) is 2.23. The average molecular weight is 221 g/mol. The smallest absolute Gasteiger partial charge is 0.251 e. The molecule has 0 aliphatic heterocycles. The normalized spacial score (nSPS) is 15.3. The van der Waals surface area contributed by atoms with Gasteiger partial charge in [0.25, 0.3) is 5.91 Å². The standard InChI is InChI=1S/C12H15NO3/c1-16-11-6-5-8(7-10(11)14)12(15)13-9-3-2-4-9/h5-7,9,14H,2-4H2,1H3,(H,13,15). The molecule has 2 rings (SSSR count). The summed E-state index contributed by atoms with van der Waals surface area (Å²) < 4.78 is 4.91. The third-order valence-corrected chi connectivity index (χ3v) is 2.88. The number of aromatic hydroxyl groups is 1. The Hall–Kier alpha value is -1.71. The van der Waals surface area contributed by atoms with Crippen molar-refractivity contribution in [1.29, 1.82) is 0 Å². The molecule has 16 heavy (non-hydrogen) atoms. The number of phenolic OH excluding ortho intramolecular Hbond substituents is 1. The molecule has 0 unspecified atom stereocenters. The fourth-order valence-corrected chi connectivity index (χ4v) is 1.65. The lowest BCUT2D eigenvalue weighted by Crippen LogP contribution is -2.39. The molecule has 0 aromatic heterocycles. The molecule has 0 saturated heterocycles. The molecule has 1 amide bonds. The Morgan fingerprint density at radius 1 is 1.50 bits per heavy atom. The molecule has 1 fully saturated rings. The van der Waals surface area contributed by atoms with Crippen molar-refractivity contribution in [2.75, 3.05) is 7.11 Å². The van der Waals surface area contributed by atoms with Gasteiger partial charge in [0.15, 0.2) is 11.5 Å². The molecule has 1 aromatic carbocycles. The van der Waals surface area contributed by atoms with Gasteiger partial charge in [0.2, 0.25) is 0 Å². The quantitative estimate of drug-likeness (QED) is 0.816. The predicted molar refractivity (Wildman–Crippen MR) is 59.8 cm³/mol. The summed E-state index contributed by atoms with van der Waals surface area (Å²) in [5.74, 6) is 0.228. The number of carbonyl (C=O) groups is 1. The van der Waals surface area contributed by atoms with E-state index in [9.17, 15) is 9.90 Å². The summed E-state index contributed by atoms with van der Waals surface area (Å²) in [4.78, 5) is 11.7. The molecular weight excluding hydrogens is 206 g/mol. The van der Waals surface area contributed by atoms with Crippen LogP contribution in [0, 0.1) is 0 Å². The van der Waals surface area contributed by atoms with Crippen molar-refractivity contribution in [3.05, 3.63) is 23.8 Å². The molecule has 0 heterocycles. The Balaban J connectivity index is 2.07. The Bertz CT molecular complexity index is 399. The highest BCUT2D eigenvalue weighted by Crippen LogP contribution is 2.26. The van der Waals surface area contributed by atoms with E-state index in [2.05, 4.69) is 5.32 Å². The maximum Gasteiger partial charge on any atom is 0.251 e. The highest BCUT2D eigenvalue weighted by Gasteiger charge is 2.20. The molecule has 1 aliphatic carbocycles. The number of nitrogens with one attached hydrogen (secondary N) is 1. The van der Waals surface area contributed by atoms with Crippen molar-refractivity contribution in [2.24, 2.45) is 0 Å². The van der Waals surface area contributed by atoms with E-state index in [1.165, 1.54) is 19.6 Å². The van der Waals surface area contributed by atoms with Crippen molar-refractivity contribution in [3.8, 4) is 11.5 Å². The molecule has 0 bridgehead atoms. The Morgan fingerprint density at radius 3 is 2.75 bits per heavy atom. The van der Waals surface area contributed by atoms with Crippen LogP contribution in [0.1, 0.15) is 29.6 Å². The third kappa shape index (κ3) is 2.10. The number of phenols is 1. The van der Waals surface area contributed by atoms with Gasteiger partial charge < -0.3 is 15.2 Å². The van der Waals surface area contributed by atoms with E-state index >= 15 is 0 Å². The second-order valence-corrected chi connectivity index (χ2v) is 3.99. The highest BCUT2D eigenvalue weighted by molar-refractivity contribution is 5.95. The number of carbonyl (C=O) groups excluding carboxylic acids is 1. The van der Waals surface area contributed by atoms with Crippen LogP contribution in [0.3, 0.4) is 0 Å². The summed E-state index contributed by atoms with van der Waals surface area (Å²) >= 11 is 0. The molecule has 4 nitrogen and oxygen atoms in total. The van der Waals surface area contributed by atoms with Crippen molar-refractivity contribution in [3.63, 3.8) is 0 Å². The topological polar surface area (TPSA) is 58.6 Å². The fourth-order valence-electron chi connectivity index (χ4n) is 1.65. The zero-order valence-electron chi connectivity index (χ0n) is 9.19. The van der Waals surface area contributed by atoms with Crippen LogP contribution >= 0.6 is 0 Å². The summed E-state index contributed by atoms with van der Waals surface area (Å²) in [5.41, 5.74) is 0.463. The van der Waals surface area contributed by atoms with Gasteiger partial charge in [-0.2, -0.15) is 0 Å². The first kappa shape index (κ1) is 10.8. The lowest BCUT2D eigenvalue weighted by atomic mass is 9.93. The summed E-state index contributed by atoms with van der Waals surface area (Å²) in [6.45, 7) is 0. The van der Waals surface area contributed by atoms with Crippen molar-refractivity contribution < 1.29 is 14.6 Å². The van der Waals surface area contributed by atoms with Crippen molar-refractivity contribution in [2.45, 2.75) is 25.3 Å². The number of amides is 1. The lowest BCUT2D eigenvalue weighted by molar-refractivity contribution is 0.0916. The van der Waals surface area contributed by atoms with Gasteiger partial charge in [-0.05, 0) is 37.5 Å². The molecule has 2 N–H and O–H groups in total. The molecule has 86 valence electrons. The van der Waals surface area contributed by atoms with Gasteiger partial charge in [-0.15, -0.1) is 0 Å². The molecular formula is C12H15NO3. The van der Waals surface area contributed by atoms with Crippen LogP contribution in [0.5, 0.6) is 11.5 Å². The van der Waals surface area contributed by atoms with Gasteiger partial charge >= 0.3 is 0 Å². The third-order valence-electron chi connectivity index (χ3n) is 2.88. The summed E-state index contributed by atoms with van der Waals surface area (Å²) in [5, 5.41) is 12.4. The number of methoxy groups -OCH3 is 1. The second kappa shape index (κ2) is 4.43. The molecule has 0 atom stereocenters. The number of rotatable bonds is 3. The molecule has 1 aromatic rings. The molecule has 4 heteroatoms. The predicted octanol–water partition coefficient (Wildman–Crippen LogP) is 1.68. The van der Waals surface area contributed by atoms with Gasteiger partial charge in [-0.3, -0.25) is 4.79 Å². The first-order valence-corrected chi connectivity index (χ1v) is 5.38. The Labute approximate surface area is 94.2 Å². The monoisotopic (exact) mass is 221 g/mol. The Morgan fingerprint density at radius 2 is 2.25 bits per heavy atom. The fraction of sp³-hybridized carbons (Fsp3) is 0.417. The van der Waals surface area contributed by atoms with E-state index in [1.54, 1.807) is 12.1 Å². The van der Waals surface area contributed by atoms with Crippen molar-refractivity contribution in [1.82, 2.24) is 5.32 Å². The van der Waals surface area contributed by atoms with Crippen LogP contribution in [-0.4, -0.2) is 24.2 Å². The van der Waals surface area contributed by atoms with E-state index in [1.807, 2.05) is 0 Å². The number of hydrogen-bond acceptors (Lipinski definition) is 3. The van der Waals surface area contributed by atoms with Crippen LogP contribution in [0.4, 0.5) is 0 Å². The van der Waals surface area contributed by atoms with Crippen LogP contribution in [-0.2, 0) is 0 Å². The molecule has 1 saturated carbocycles. The summed E-state index contributed by atoms with van der Waals surface area (Å²) in [6.07, 6.45) is 3.28. The van der Waals surface area contributed by atoms with Crippen LogP contribution in [0.2, 0.25) is 0 Å². The lowest BCUT2D eigenvalue weighted by Gasteiger charge is -2.26. The molecule has 0 spiro atoms. The van der Waals surface area contributed by atoms with E-state index in [-0.39, 0.29) is 11.7 Å². The molecule has 1 aliphatic rings. The SMILES string of the molecule is COc1ccc(C(=O)NC2CCC2)cc1O. The molecule has 0 radical (unpaired) electrons. The first-order chi connectivity index (χ1) is 7.70. The van der Waals surface area contributed by atoms with Crippen LogP contribution in [0.25, 0.3) is 0 Å². The van der Waals surface area contributed by atoms with Gasteiger partial charge in [0.05, 0.1) is 7.11 Å². The Kier molecular flexibility index (Phi) is 2.99. The summed E-state index contributed by atoms with van der Waals surface area (Å²) in [7, 11) is 1.48. The number of ether oxygens (including phenoxy) is 1. The van der Waals surface area contributed by atoms with Gasteiger partial charge in [0, 0.05) is 11.6 Å².